The predicted molar refractivity (Wildman–Crippen MR) is 62.7 cm³/mol. The Bertz CT molecular complexity index is 467. The molecule has 2 N–H and O–H groups in total. The van der Waals surface area contributed by atoms with Crippen molar-refractivity contribution in [3.8, 4) is 0 Å². The highest BCUT2D eigenvalue weighted by atomic mass is 79.9. The summed E-state index contributed by atoms with van der Waals surface area (Å²) in [5.41, 5.74) is 1.05. The van der Waals surface area contributed by atoms with Crippen molar-refractivity contribution < 1.29 is 10.2 Å². The lowest BCUT2D eigenvalue weighted by Gasteiger charge is -2.09. The monoisotopic (exact) mass is 269 g/mol. The first-order valence-corrected chi connectivity index (χ1v) is 5.54. The molecule has 0 bridgehead atoms. The summed E-state index contributed by atoms with van der Waals surface area (Å²) in [6, 6.07) is 7.91. The van der Waals surface area contributed by atoms with Crippen LogP contribution in [0.4, 0.5) is 0 Å². The third kappa shape index (κ3) is 2.07. The number of fused-ring (bicyclic) bond motifs is 1. The van der Waals surface area contributed by atoms with Gasteiger partial charge < -0.3 is 14.8 Å². The molecule has 2 aromatic rings. The molecule has 0 aliphatic rings. The van der Waals surface area contributed by atoms with Crippen LogP contribution in [0.5, 0.6) is 0 Å². The summed E-state index contributed by atoms with van der Waals surface area (Å²) in [5, 5.41) is 19.3. The van der Waals surface area contributed by atoms with Crippen LogP contribution >= 0.6 is 15.9 Å². The molecule has 1 aromatic carbocycles. The first kappa shape index (κ1) is 10.7. The normalized spacial score (nSPS) is 13.3. The number of nitrogens with zero attached hydrogens (tertiary/aromatic N) is 1. The van der Waals surface area contributed by atoms with Crippen molar-refractivity contribution in [3.05, 3.63) is 34.9 Å². The third-order valence-corrected chi connectivity index (χ3v) is 3.07. The summed E-state index contributed by atoms with van der Waals surface area (Å²) in [6.07, 6.45) is 1.20. The highest BCUT2D eigenvalue weighted by molar-refractivity contribution is 9.10. The molecule has 0 saturated heterocycles. The molecule has 0 aliphatic heterocycles. The maximum absolute atomic E-state index is 9.38. The molecular formula is C11H12BrNO2. The van der Waals surface area contributed by atoms with E-state index in [4.69, 9.17) is 5.11 Å². The largest absolute Gasteiger partial charge is 0.394 e. The van der Waals surface area contributed by atoms with Gasteiger partial charge in [0, 0.05) is 21.6 Å². The molecule has 1 heterocycles. The van der Waals surface area contributed by atoms with Crippen molar-refractivity contribution in [2.24, 2.45) is 0 Å². The van der Waals surface area contributed by atoms with Crippen LogP contribution in [0.25, 0.3) is 10.9 Å². The van der Waals surface area contributed by atoms with Crippen LogP contribution in [0, 0.1) is 0 Å². The summed E-state index contributed by atoms with van der Waals surface area (Å²) < 4.78 is 2.97. The molecule has 15 heavy (non-hydrogen) atoms. The Labute approximate surface area is 96.1 Å². The first-order chi connectivity index (χ1) is 7.22. The van der Waals surface area contributed by atoms with Gasteiger partial charge in [0.25, 0.3) is 0 Å². The van der Waals surface area contributed by atoms with E-state index in [9.17, 15) is 5.11 Å². The summed E-state index contributed by atoms with van der Waals surface area (Å²) in [7, 11) is 0. The number of aromatic nitrogens is 1. The average molecular weight is 270 g/mol. The first-order valence-electron chi connectivity index (χ1n) is 4.74. The van der Waals surface area contributed by atoms with Crippen LogP contribution in [0.15, 0.2) is 34.9 Å². The van der Waals surface area contributed by atoms with Crippen LogP contribution in [0.3, 0.4) is 0 Å². The van der Waals surface area contributed by atoms with E-state index in [0.29, 0.717) is 6.54 Å². The van der Waals surface area contributed by atoms with E-state index in [0.717, 1.165) is 15.4 Å². The van der Waals surface area contributed by atoms with E-state index >= 15 is 0 Å². The fraction of sp³-hybridized carbons (Fsp3) is 0.273. The number of aliphatic hydroxyl groups excluding tert-OH is 2. The van der Waals surface area contributed by atoms with Crippen LogP contribution in [-0.2, 0) is 6.54 Å². The Morgan fingerprint density at radius 2 is 2.13 bits per heavy atom. The Hall–Kier alpha value is -0.840. The van der Waals surface area contributed by atoms with Gasteiger partial charge in [-0.25, -0.2) is 0 Å². The molecule has 0 amide bonds. The van der Waals surface area contributed by atoms with Gasteiger partial charge in [0.15, 0.2) is 0 Å². The number of rotatable bonds is 3. The zero-order valence-electron chi connectivity index (χ0n) is 8.10. The van der Waals surface area contributed by atoms with Gasteiger partial charge >= 0.3 is 0 Å². The Kier molecular flexibility index (Phi) is 3.09. The van der Waals surface area contributed by atoms with Crippen LogP contribution < -0.4 is 0 Å². The van der Waals surface area contributed by atoms with Crippen LogP contribution in [0.2, 0.25) is 0 Å². The minimum atomic E-state index is -0.709. The van der Waals surface area contributed by atoms with Gasteiger partial charge in [0.2, 0.25) is 0 Å². The van der Waals surface area contributed by atoms with Crippen molar-refractivity contribution >= 4 is 26.8 Å². The lowest BCUT2D eigenvalue weighted by molar-refractivity contribution is 0.0822. The average Bonchev–Trinajstić information content (AvgIpc) is 2.63. The minimum absolute atomic E-state index is 0.215. The number of benzene rings is 1. The summed E-state index contributed by atoms with van der Waals surface area (Å²) in [4.78, 5) is 0. The van der Waals surface area contributed by atoms with Crippen molar-refractivity contribution in [1.29, 1.82) is 0 Å². The number of hydrogen-bond acceptors (Lipinski definition) is 2. The quantitative estimate of drug-likeness (QED) is 0.892. The summed E-state index contributed by atoms with van der Waals surface area (Å²) in [5.74, 6) is 0. The van der Waals surface area contributed by atoms with Gasteiger partial charge in [-0.15, -0.1) is 0 Å². The Morgan fingerprint density at radius 3 is 2.87 bits per heavy atom. The summed E-state index contributed by atoms with van der Waals surface area (Å²) >= 11 is 3.47. The van der Waals surface area contributed by atoms with Crippen molar-refractivity contribution in [3.63, 3.8) is 0 Å². The maximum atomic E-state index is 9.38. The highest BCUT2D eigenvalue weighted by Crippen LogP contribution is 2.24. The molecular weight excluding hydrogens is 258 g/mol. The van der Waals surface area contributed by atoms with Gasteiger partial charge in [-0.2, -0.15) is 0 Å². The van der Waals surface area contributed by atoms with Gasteiger partial charge in [-0.05, 0) is 18.2 Å². The Balaban J connectivity index is 2.41. The fourth-order valence-corrected chi connectivity index (χ4v) is 2.12. The molecule has 0 radical (unpaired) electrons. The van der Waals surface area contributed by atoms with Gasteiger partial charge in [0.05, 0.1) is 19.3 Å². The maximum Gasteiger partial charge on any atom is 0.0949 e. The fourth-order valence-electron chi connectivity index (χ4n) is 1.63. The van der Waals surface area contributed by atoms with E-state index in [1.54, 1.807) is 0 Å². The lowest BCUT2D eigenvalue weighted by Crippen LogP contribution is -2.19. The van der Waals surface area contributed by atoms with Crippen molar-refractivity contribution in [2.75, 3.05) is 6.61 Å². The zero-order chi connectivity index (χ0) is 10.8. The molecule has 4 heteroatoms. The highest BCUT2D eigenvalue weighted by Gasteiger charge is 2.07. The predicted octanol–water partition coefficient (Wildman–Crippen LogP) is 1.76. The molecule has 1 unspecified atom stereocenters. The standard InChI is InChI=1S/C11H12BrNO2/c12-10-2-1-3-11-9(10)4-5-13(11)6-8(15)7-14/h1-5,8,14-15H,6-7H2. The molecule has 0 fully saturated rings. The number of hydrogen-bond donors (Lipinski definition) is 2. The van der Waals surface area contributed by atoms with Crippen LogP contribution in [-0.4, -0.2) is 27.5 Å². The molecule has 0 aliphatic carbocycles. The molecule has 0 spiro atoms. The lowest BCUT2D eigenvalue weighted by atomic mass is 10.2. The zero-order valence-corrected chi connectivity index (χ0v) is 9.68. The Morgan fingerprint density at radius 1 is 1.33 bits per heavy atom. The van der Waals surface area contributed by atoms with Gasteiger partial charge in [-0.3, -0.25) is 0 Å². The summed E-state index contributed by atoms with van der Waals surface area (Å²) in [6.45, 7) is 0.199. The minimum Gasteiger partial charge on any atom is -0.394 e. The topological polar surface area (TPSA) is 45.4 Å². The van der Waals surface area contributed by atoms with Crippen LogP contribution in [0.1, 0.15) is 0 Å². The molecule has 3 nitrogen and oxygen atoms in total. The molecule has 0 saturated carbocycles. The molecule has 2 rings (SSSR count). The van der Waals surface area contributed by atoms with Crippen molar-refractivity contribution in [2.45, 2.75) is 12.6 Å². The van der Waals surface area contributed by atoms with E-state index in [2.05, 4.69) is 15.9 Å². The third-order valence-electron chi connectivity index (χ3n) is 2.38. The van der Waals surface area contributed by atoms with Gasteiger partial charge in [0.1, 0.15) is 0 Å². The second-order valence-corrected chi connectivity index (χ2v) is 4.33. The molecule has 1 atom stereocenters. The second-order valence-electron chi connectivity index (χ2n) is 3.48. The van der Waals surface area contributed by atoms with Gasteiger partial charge in [-0.1, -0.05) is 22.0 Å². The number of halogens is 1. The van der Waals surface area contributed by atoms with Crippen molar-refractivity contribution in [1.82, 2.24) is 4.57 Å². The van der Waals surface area contributed by atoms with E-state index < -0.39 is 6.10 Å². The van der Waals surface area contributed by atoms with E-state index in [1.165, 1.54) is 0 Å². The second kappa shape index (κ2) is 4.35. The van der Waals surface area contributed by atoms with E-state index in [1.807, 2.05) is 35.0 Å². The number of aliphatic hydroxyl groups is 2. The smallest absolute Gasteiger partial charge is 0.0949 e. The molecule has 1 aromatic heterocycles. The van der Waals surface area contributed by atoms with E-state index in [-0.39, 0.29) is 6.61 Å². The SMILES string of the molecule is OCC(O)Cn1ccc2c(Br)cccc21. The molecule has 80 valence electrons.